The second kappa shape index (κ2) is 10.2. The number of methoxy groups -OCH3 is 1. The van der Waals surface area contributed by atoms with Gasteiger partial charge >= 0.3 is 0 Å². The molecule has 1 aliphatic heterocycles. The van der Waals surface area contributed by atoms with Crippen LogP contribution in [0.15, 0.2) is 42.6 Å². The van der Waals surface area contributed by atoms with Gasteiger partial charge in [-0.3, -0.25) is 0 Å². The van der Waals surface area contributed by atoms with E-state index in [1.54, 1.807) is 37.6 Å². The Bertz CT molecular complexity index is 1260. The number of nitrogens with one attached hydrogen (secondary N) is 2. The Kier molecular flexibility index (Phi) is 7.21. The zero-order valence-electron chi connectivity index (χ0n) is 19.7. The van der Waals surface area contributed by atoms with Gasteiger partial charge in [0.25, 0.3) is 0 Å². The average Bonchev–Trinajstić information content (AvgIpc) is 2.81. The molecule has 2 N–H and O–H groups in total. The SMILES string of the molecule is COc1c(Nc2ncc(F)c(Nc3ccccc3P(C)(C)=O)n2)cc(F)cc1N1CCC(F)CC1. The van der Waals surface area contributed by atoms with E-state index >= 15 is 0 Å². The highest BCUT2D eigenvalue weighted by atomic mass is 31.2. The molecule has 0 bridgehead atoms. The summed E-state index contributed by atoms with van der Waals surface area (Å²) in [4.78, 5) is 10.0. The molecule has 2 heterocycles. The number of aromatic nitrogens is 2. The van der Waals surface area contributed by atoms with E-state index in [0.717, 1.165) is 6.20 Å². The molecule has 0 unspecified atom stereocenters. The Labute approximate surface area is 202 Å². The van der Waals surface area contributed by atoms with Crippen LogP contribution in [0.2, 0.25) is 0 Å². The molecule has 2 aromatic carbocycles. The second-order valence-corrected chi connectivity index (χ2v) is 11.9. The fourth-order valence-electron chi connectivity index (χ4n) is 4.02. The van der Waals surface area contributed by atoms with Crippen LogP contribution < -0.4 is 25.6 Å². The summed E-state index contributed by atoms with van der Waals surface area (Å²) >= 11 is 0. The first-order chi connectivity index (χ1) is 16.7. The van der Waals surface area contributed by atoms with Gasteiger partial charge in [0, 0.05) is 30.5 Å². The number of alkyl halides is 1. The first-order valence-electron chi connectivity index (χ1n) is 11.1. The summed E-state index contributed by atoms with van der Waals surface area (Å²) in [5.41, 5.74) is 1.19. The summed E-state index contributed by atoms with van der Waals surface area (Å²) in [5, 5.41) is 6.35. The molecule has 0 atom stereocenters. The summed E-state index contributed by atoms with van der Waals surface area (Å²) < 4.78 is 60.9. The molecule has 186 valence electrons. The molecule has 0 spiro atoms. The van der Waals surface area contributed by atoms with Crippen molar-refractivity contribution in [1.82, 2.24) is 9.97 Å². The molecule has 11 heteroatoms. The van der Waals surface area contributed by atoms with Gasteiger partial charge in [0.2, 0.25) is 5.95 Å². The van der Waals surface area contributed by atoms with Crippen LogP contribution in [0, 0.1) is 11.6 Å². The highest BCUT2D eigenvalue weighted by Gasteiger charge is 2.24. The van der Waals surface area contributed by atoms with Crippen LogP contribution in [0.5, 0.6) is 5.75 Å². The van der Waals surface area contributed by atoms with Crippen molar-refractivity contribution >= 4 is 41.3 Å². The lowest BCUT2D eigenvalue weighted by Gasteiger charge is -2.32. The number of benzene rings is 2. The van der Waals surface area contributed by atoms with E-state index in [1.807, 2.05) is 4.90 Å². The van der Waals surface area contributed by atoms with Crippen molar-refractivity contribution in [3.05, 3.63) is 54.2 Å². The van der Waals surface area contributed by atoms with Crippen LogP contribution in [0.3, 0.4) is 0 Å². The van der Waals surface area contributed by atoms with Crippen LogP contribution in [-0.4, -0.2) is 49.7 Å². The number of rotatable bonds is 7. The largest absolute Gasteiger partial charge is 0.492 e. The number of nitrogens with zero attached hydrogens (tertiary/aromatic N) is 3. The smallest absolute Gasteiger partial charge is 0.229 e. The molecular weight excluding hydrogens is 478 g/mol. The quantitative estimate of drug-likeness (QED) is 0.414. The number of para-hydroxylation sites is 1. The Morgan fingerprint density at radius 1 is 1.09 bits per heavy atom. The molecule has 0 amide bonds. The number of anilines is 5. The van der Waals surface area contributed by atoms with Gasteiger partial charge in [-0.15, -0.1) is 0 Å². The Hall–Kier alpha value is -3.26. The van der Waals surface area contributed by atoms with Crippen molar-refractivity contribution in [2.45, 2.75) is 19.0 Å². The molecule has 0 saturated carbocycles. The number of hydrogen-bond donors (Lipinski definition) is 2. The topological polar surface area (TPSA) is 79.4 Å². The Morgan fingerprint density at radius 2 is 1.80 bits per heavy atom. The zero-order chi connectivity index (χ0) is 25.2. The van der Waals surface area contributed by atoms with Gasteiger partial charge in [0.15, 0.2) is 17.4 Å². The summed E-state index contributed by atoms with van der Waals surface area (Å²) in [7, 11) is -1.19. The van der Waals surface area contributed by atoms with Crippen LogP contribution in [0.4, 0.5) is 42.0 Å². The third kappa shape index (κ3) is 5.70. The van der Waals surface area contributed by atoms with E-state index in [4.69, 9.17) is 4.74 Å². The summed E-state index contributed by atoms with van der Waals surface area (Å²) in [6.07, 6.45) is 0.808. The molecule has 1 aromatic heterocycles. The van der Waals surface area contributed by atoms with Crippen molar-refractivity contribution in [3.63, 3.8) is 0 Å². The van der Waals surface area contributed by atoms with E-state index in [2.05, 4.69) is 20.6 Å². The van der Waals surface area contributed by atoms with Crippen molar-refractivity contribution in [2.24, 2.45) is 0 Å². The minimum Gasteiger partial charge on any atom is -0.492 e. The highest BCUT2D eigenvalue weighted by molar-refractivity contribution is 7.70. The van der Waals surface area contributed by atoms with Crippen LogP contribution in [0.25, 0.3) is 0 Å². The third-order valence-electron chi connectivity index (χ3n) is 5.73. The van der Waals surface area contributed by atoms with Gasteiger partial charge in [-0.05, 0) is 38.3 Å². The van der Waals surface area contributed by atoms with Crippen LogP contribution in [0.1, 0.15) is 12.8 Å². The minimum atomic E-state index is -2.64. The van der Waals surface area contributed by atoms with Gasteiger partial charge in [-0.25, -0.2) is 18.2 Å². The van der Waals surface area contributed by atoms with Crippen LogP contribution in [-0.2, 0) is 4.57 Å². The van der Waals surface area contributed by atoms with Crippen molar-refractivity contribution in [1.29, 1.82) is 0 Å². The molecule has 1 aliphatic rings. The first-order valence-corrected chi connectivity index (χ1v) is 13.7. The molecule has 1 fully saturated rings. The minimum absolute atomic E-state index is 0.000114. The molecule has 0 aliphatic carbocycles. The normalized spacial score (nSPS) is 14.6. The van der Waals surface area contributed by atoms with E-state index in [0.29, 0.717) is 48.4 Å². The number of halogens is 3. The predicted octanol–water partition coefficient (Wildman–Crippen LogP) is 5.44. The first kappa shape index (κ1) is 24.9. The maximum Gasteiger partial charge on any atom is 0.229 e. The number of ether oxygens (including phenoxy) is 1. The molecule has 7 nitrogen and oxygen atoms in total. The lowest BCUT2D eigenvalue weighted by molar-refractivity contribution is 0.276. The van der Waals surface area contributed by atoms with E-state index in [-0.39, 0.29) is 17.5 Å². The van der Waals surface area contributed by atoms with E-state index in [1.165, 1.54) is 19.2 Å². The number of hydrogen-bond acceptors (Lipinski definition) is 7. The van der Waals surface area contributed by atoms with Crippen molar-refractivity contribution in [3.8, 4) is 5.75 Å². The van der Waals surface area contributed by atoms with E-state index < -0.39 is 24.9 Å². The molecule has 1 saturated heterocycles. The molecule has 35 heavy (non-hydrogen) atoms. The summed E-state index contributed by atoms with van der Waals surface area (Å²) in [6.45, 7) is 4.11. The monoisotopic (exact) mass is 505 g/mol. The molecular formula is C24H27F3N5O2P. The summed E-state index contributed by atoms with van der Waals surface area (Å²) in [6, 6.07) is 9.46. The van der Waals surface area contributed by atoms with Crippen molar-refractivity contribution in [2.75, 3.05) is 49.1 Å². The Morgan fingerprint density at radius 3 is 2.49 bits per heavy atom. The lowest BCUT2D eigenvalue weighted by Crippen LogP contribution is -2.34. The Balaban J connectivity index is 1.65. The zero-order valence-corrected chi connectivity index (χ0v) is 20.6. The predicted molar refractivity (Wildman–Crippen MR) is 133 cm³/mol. The van der Waals surface area contributed by atoms with Gasteiger partial charge < -0.3 is 24.8 Å². The second-order valence-electron chi connectivity index (χ2n) is 8.68. The highest BCUT2D eigenvalue weighted by Crippen LogP contribution is 2.40. The fraction of sp³-hybridized carbons (Fsp3) is 0.333. The lowest BCUT2D eigenvalue weighted by atomic mass is 10.1. The maximum atomic E-state index is 14.6. The average molecular weight is 505 g/mol. The van der Waals surface area contributed by atoms with Crippen molar-refractivity contribution < 1.29 is 22.5 Å². The fourth-order valence-corrected chi connectivity index (χ4v) is 5.18. The van der Waals surface area contributed by atoms with Gasteiger partial charge in [-0.2, -0.15) is 4.98 Å². The van der Waals surface area contributed by atoms with E-state index in [9.17, 15) is 17.7 Å². The summed E-state index contributed by atoms with van der Waals surface area (Å²) in [5.74, 6) is -1.03. The maximum absolute atomic E-state index is 14.6. The molecule has 0 radical (unpaired) electrons. The van der Waals surface area contributed by atoms with Gasteiger partial charge in [-0.1, -0.05) is 12.1 Å². The van der Waals surface area contributed by atoms with Gasteiger partial charge in [0.05, 0.1) is 30.4 Å². The van der Waals surface area contributed by atoms with Crippen LogP contribution >= 0.6 is 7.14 Å². The standard InChI is InChI=1S/C24H27F3N5O2P/c1-34-22-19(12-16(26)13-20(22)32-10-8-15(25)9-11-32)30-24-28-14-17(27)23(31-24)29-18-6-4-5-7-21(18)35(2,3)33/h4-7,12-15H,8-11H2,1-3H3,(H2,28,29,30,31). The molecule has 3 aromatic rings. The third-order valence-corrected chi connectivity index (χ3v) is 7.28. The van der Waals surface area contributed by atoms with Gasteiger partial charge in [0.1, 0.15) is 19.1 Å². The molecule has 4 rings (SSSR count). The number of piperidine rings is 1.